The molecule has 2 rings (SSSR count). The Labute approximate surface area is 133 Å². The van der Waals surface area contributed by atoms with Crippen LogP contribution in [0.4, 0.5) is 0 Å². The molecule has 1 saturated heterocycles. The van der Waals surface area contributed by atoms with E-state index in [0.717, 1.165) is 6.42 Å². The average molecular weight is 327 g/mol. The van der Waals surface area contributed by atoms with Gasteiger partial charge >= 0.3 is 5.97 Å². The smallest absolute Gasteiger partial charge is 0.333 e. The van der Waals surface area contributed by atoms with Crippen molar-refractivity contribution in [3.63, 3.8) is 0 Å². The van der Waals surface area contributed by atoms with Crippen molar-refractivity contribution in [3.8, 4) is 0 Å². The molecular weight excluding hydrogens is 308 g/mol. The van der Waals surface area contributed by atoms with E-state index in [9.17, 15) is 9.59 Å². The number of esters is 1. The molecule has 0 aromatic heterocycles. The lowest BCUT2D eigenvalue weighted by atomic mass is 10.1. The zero-order chi connectivity index (χ0) is 16.1. The second kappa shape index (κ2) is 7.58. The Balaban J connectivity index is 2.08. The monoisotopic (exact) mass is 326 g/mol. The second-order valence-electron chi connectivity index (χ2n) is 5.08. The molecule has 22 heavy (non-hydrogen) atoms. The van der Waals surface area contributed by atoms with Crippen LogP contribution in [0.5, 0.6) is 0 Å². The molecule has 3 atom stereocenters. The number of benzene rings is 1. The van der Waals surface area contributed by atoms with Crippen LogP contribution in [0.15, 0.2) is 24.3 Å². The molecule has 1 aliphatic heterocycles. The van der Waals surface area contributed by atoms with Crippen molar-refractivity contribution >= 4 is 23.5 Å². The van der Waals surface area contributed by atoms with Gasteiger partial charge in [-0.15, -0.1) is 0 Å². The Kier molecular flexibility index (Phi) is 5.76. The Hall–Kier alpha value is -1.63. The van der Waals surface area contributed by atoms with Gasteiger partial charge in [0.25, 0.3) is 0 Å². The fourth-order valence-corrected chi connectivity index (χ4v) is 2.48. The first-order valence-electron chi connectivity index (χ1n) is 7.04. The summed E-state index contributed by atoms with van der Waals surface area (Å²) in [5, 5.41) is 3.21. The van der Waals surface area contributed by atoms with E-state index in [-0.39, 0.29) is 12.0 Å². The first-order valence-corrected chi connectivity index (χ1v) is 7.42. The van der Waals surface area contributed by atoms with E-state index in [1.54, 1.807) is 24.3 Å². The van der Waals surface area contributed by atoms with Gasteiger partial charge in [0, 0.05) is 11.6 Å². The van der Waals surface area contributed by atoms with Crippen LogP contribution in [0.3, 0.4) is 0 Å². The lowest BCUT2D eigenvalue weighted by Gasteiger charge is -2.19. The highest BCUT2D eigenvalue weighted by Gasteiger charge is 2.33. The molecule has 1 heterocycles. The van der Waals surface area contributed by atoms with E-state index in [0.29, 0.717) is 23.6 Å². The zero-order valence-corrected chi connectivity index (χ0v) is 13.0. The molecule has 1 amide bonds. The summed E-state index contributed by atoms with van der Waals surface area (Å²) in [5.41, 5.74) is 6.12. The van der Waals surface area contributed by atoms with Crippen molar-refractivity contribution in [2.75, 3.05) is 13.7 Å². The number of methoxy groups -OCH3 is 1. The predicted molar refractivity (Wildman–Crippen MR) is 81.3 cm³/mol. The summed E-state index contributed by atoms with van der Waals surface area (Å²) in [5.74, 6) is -0.898. The lowest BCUT2D eigenvalue weighted by molar-refractivity contribution is -0.147. The zero-order valence-electron chi connectivity index (χ0n) is 12.3. The van der Waals surface area contributed by atoms with Gasteiger partial charge in [-0.1, -0.05) is 23.7 Å². The molecule has 1 aliphatic rings. The molecule has 1 fully saturated rings. The molecule has 1 unspecified atom stereocenters. The third-order valence-electron chi connectivity index (χ3n) is 3.59. The van der Waals surface area contributed by atoms with Crippen molar-refractivity contribution in [1.82, 2.24) is 5.32 Å². The maximum atomic E-state index is 12.3. The summed E-state index contributed by atoms with van der Waals surface area (Å²) in [6.45, 7) is 0.376. The Morgan fingerprint density at radius 1 is 1.41 bits per heavy atom. The van der Waals surface area contributed by atoms with Crippen molar-refractivity contribution in [1.29, 1.82) is 0 Å². The topological polar surface area (TPSA) is 90.7 Å². The molecule has 120 valence electrons. The number of ether oxygens (including phenoxy) is 2. The Morgan fingerprint density at radius 2 is 2.09 bits per heavy atom. The first kappa shape index (κ1) is 16.7. The van der Waals surface area contributed by atoms with E-state index in [2.05, 4.69) is 5.32 Å². The molecule has 0 aliphatic carbocycles. The normalized spacial score (nSPS) is 22.1. The quantitative estimate of drug-likeness (QED) is 0.793. The van der Waals surface area contributed by atoms with Crippen LogP contribution >= 0.6 is 11.6 Å². The van der Waals surface area contributed by atoms with Crippen molar-refractivity contribution in [3.05, 3.63) is 34.9 Å². The molecule has 0 bridgehead atoms. The molecule has 1 aromatic rings. The largest absolute Gasteiger partial charge is 0.467 e. The van der Waals surface area contributed by atoms with Crippen LogP contribution in [-0.4, -0.2) is 37.7 Å². The molecule has 0 spiro atoms. The summed E-state index contributed by atoms with van der Waals surface area (Å²) < 4.78 is 10.3. The summed E-state index contributed by atoms with van der Waals surface area (Å²) in [4.78, 5) is 24.2. The molecule has 0 radical (unpaired) electrons. The van der Waals surface area contributed by atoms with E-state index in [1.807, 2.05) is 0 Å². The highest BCUT2D eigenvalue weighted by molar-refractivity contribution is 6.30. The van der Waals surface area contributed by atoms with Crippen LogP contribution in [0.25, 0.3) is 0 Å². The Morgan fingerprint density at radius 3 is 2.64 bits per heavy atom. The number of nitrogens with one attached hydrogen (secondary N) is 1. The highest BCUT2D eigenvalue weighted by atomic mass is 35.5. The SMILES string of the molecule is COC(=O)C(NC(=O)[C@@H]1CC[C@H](CN)O1)c1ccc(Cl)cc1. The Bertz CT molecular complexity index is 535. The molecule has 0 saturated carbocycles. The van der Waals surface area contributed by atoms with Crippen LogP contribution < -0.4 is 11.1 Å². The van der Waals surface area contributed by atoms with Gasteiger partial charge in [0.1, 0.15) is 6.10 Å². The third kappa shape index (κ3) is 3.97. The van der Waals surface area contributed by atoms with Gasteiger partial charge in [-0.3, -0.25) is 4.79 Å². The maximum absolute atomic E-state index is 12.3. The second-order valence-corrected chi connectivity index (χ2v) is 5.51. The van der Waals surface area contributed by atoms with E-state index >= 15 is 0 Å². The minimum Gasteiger partial charge on any atom is -0.467 e. The highest BCUT2D eigenvalue weighted by Crippen LogP contribution is 2.22. The van der Waals surface area contributed by atoms with Crippen LogP contribution in [-0.2, 0) is 19.1 Å². The summed E-state index contributed by atoms with van der Waals surface area (Å²) in [7, 11) is 1.27. The number of hydrogen-bond donors (Lipinski definition) is 2. The van der Waals surface area contributed by atoms with Gasteiger partial charge in [0.15, 0.2) is 6.04 Å². The number of halogens is 1. The van der Waals surface area contributed by atoms with Crippen LogP contribution in [0.1, 0.15) is 24.4 Å². The van der Waals surface area contributed by atoms with E-state index in [4.69, 9.17) is 26.8 Å². The molecule has 1 aromatic carbocycles. The van der Waals surface area contributed by atoms with Crippen molar-refractivity contribution < 1.29 is 19.1 Å². The van der Waals surface area contributed by atoms with Gasteiger partial charge in [-0.2, -0.15) is 0 Å². The van der Waals surface area contributed by atoms with Crippen molar-refractivity contribution in [2.45, 2.75) is 31.1 Å². The van der Waals surface area contributed by atoms with Gasteiger partial charge in [-0.25, -0.2) is 4.79 Å². The fraction of sp³-hybridized carbons (Fsp3) is 0.467. The van der Waals surface area contributed by atoms with Gasteiger partial charge in [-0.05, 0) is 30.5 Å². The summed E-state index contributed by atoms with van der Waals surface area (Å²) in [6.07, 6.45) is 0.622. The molecule has 6 nitrogen and oxygen atoms in total. The fourth-order valence-electron chi connectivity index (χ4n) is 2.36. The van der Waals surface area contributed by atoms with Gasteiger partial charge in [0.2, 0.25) is 5.91 Å². The van der Waals surface area contributed by atoms with Gasteiger partial charge in [0.05, 0.1) is 13.2 Å². The minimum absolute atomic E-state index is 0.108. The number of rotatable bonds is 5. The van der Waals surface area contributed by atoms with Crippen molar-refractivity contribution in [2.24, 2.45) is 5.73 Å². The molecular formula is C15H19ClN2O4. The molecule has 3 N–H and O–H groups in total. The number of amides is 1. The lowest BCUT2D eigenvalue weighted by Crippen LogP contribution is -2.41. The standard InChI is InChI=1S/C15H19ClN2O4/c1-21-15(20)13(9-2-4-10(16)5-3-9)18-14(19)12-7-6-11(8-17)22-12/h2-5,11-13H,6-8,17H2,1H3,(H,18,19)/t11-,12+,13?/m1/s1. The number of carbonyl (C=O) groups is 2. The summed E-state index contributed by atoms with van der Waals surface area (Å²) >= 11 is 5.84. The minimum atomic E-state index is -0.893. The van der Waals surface area contributed by atoms with Crippen LogP contribution in [0, 0.1) is 0 Å². The number of nitrogens with two attached hydrogens (primary N) is 1. The van der Waals surface area contributed by atoms with Crippen LogP contribution in [0.2, 0.25) is 5.02 Å². The average Bonchev–Trinajstić information content (AvgIpc) is 3.02. The van der Waals surface area contributed by atoms with Gasteiger partial charge < -0.3 is 20.5 Å². The third-order valence-corrected chi connectivity index (χ3v) is 3.84. The number of carbonyl (C=O) groups excluding carboxylic acids is 2. The maximum Gasteiger partial charge on any atom is 0.333 e. The molecule has 7 heteroatoms. The summed E-state index contributed by atoms with van der Waals surface area (Å²) in [6, 6.07) is 5.74. The van der Waals surface area contributed by atoms with E-state index in [1.165, 1.54) is 7.11 Å². The first-order chi connectivity index (χ1) is 10.5. The number of hydrogen-bond acceptors (Lipinski definition) is 5. The predicted octanol–water partition coefficient (Wildman–Crippen LogP) is 1.18. The van der Waals surface area contributed by atoms with E-state index < -0.39 is 18.1 Å².